The molecular weight excluding hydrogens is 424 g/mol. The van der Waals surface area contributed by atoms with E-state index in [4.69, 9.17) is 9.72 Å². The molecule has 0 aliphatic carbocycles. The highest BCUT2D eigenvalue weighted by molar-refractivity contribution is 8.00. The molecule has 0 saturated carbocycles. The normalized spacial score (nSPS) is 10.8. The molecular formula is C25H22N2O2S2. The summed E-state index contributed by atoms with van der Waals surface area (Å²) in [6.45, 7) is 2.05. The summed E-state index contributed by atoms with van der Waals surface area (Å²) in [5.74, 6) is 0.947. The van der Waals surface area contributed by atoms with E-state index < -0.39 is 0 Å². The number of para-hydroxylation sites is 2. The molecule has 0 atom stereocenters. The fourth-order valence-electron chi connectivity index (χ4n) is 3.20. The number of methoxy groups -OCH3 is 1. The van der Waals surface area contributed by atoms with Crippen LogP contribution >= 0.6 is 23.5 Å². The summed E-state index contributed by atoms with van der Waals surface area (Å²) >= 11 is 3.05. The first-order valence-electron chi connectivity index (χ1n) is 9.83. The molecule has 4 aromatic rings. The summed E-state index contributed by atoms with van der Waals surface area (Å²) in [5.41, 5.74) is 2.74. The SMILES string of the molecule is COc1cccc2c(C)cc(SCC(=O)Nc3ccccc3Sc3ccccc3)nc12. The predicted molar refractivity (Wildman–Crippen MR) is 129 cm³/mol. The number of carbonyl (C=O) groups excluding carboxylic acids is 1. The van der Waals surface area contributed by atoms with Crippen molar-refractivity contribution in [3.8, 4) is 5.75 Å². The Morgan fingerprint density at radius 1 is 1.00 bits per heavy atom. The van der Waals surface area contributed by atoms with Gasteiger partial charge in [-0.3, -0.25) is 4.79 Å². The minimum absolute atomic E-state index is 0.0642. The molecule has 0 bridgehead atoms. The molecule has 1 aromatic heterocycles. The predicted octanol–water partition coefficient (Wildman–Crippen LogP) is 6.43. The summed E-state index contributed by atoms with van der Waals surface area (Å²) in [5, 5.41) is 4.90. The highest BCUT2D eigenvalue weighted by Gasteiger charge is 2.11. The molecule has 0 spiro atoms. The fourth-order valence-corrected chi connectivity index (χ4v) is 4.89. The summed E-state index contributed by atoms with van der Waals surface area (Å²) in [6.07, 6.45) is 0. The van der Waals surface area contributed by atoms with Crippen molar-refractivity contribution in [3.63, 3.8) is 0 Å². The number of hydrogen-bond acceptors (Lipinski definition) is 5. The van der Waals surface area contributed by atoms with Crippen LogP contribution in [0.2, 0.25) is 0 Å². The maximum absolute atomic E-state index is 12.7. The molecule has 31 heavy (non-hydrogen) atoms. The van der Waals surface area contributed by atoms with E-state index >= 15 is 0 Å². The lowest BCUT2D eigenvalue weighted by atomic mass is 10.1. The van der Waals surface area contributed by atoms with Gasteiger partial charge in [-0.1, -0.05) is 66.0 Å². The lowest BCUT2D eigenvalue weighted by molar-refractivity contribution is -0.113. The number of thioether (sulfide) groups is 1. The minimum atomic E-state index is -0.0642. The average Bonchev–Trinajstić information content (AvgIpc) is 2.79. The zero-order chi connectivity index (χ0) is 21.6. The molecule has 1 heterocycles. The molecule has 0 aliphatic heterocycles. The zero-order valence-electron chi connectivity index (χ0n) is 17.3. The van der Waals surface area contributed by atoms with E-state index in [1.807, 2.05) is 73.7 Å². The van der Waals surface area contributed by atoms with Gasteiger partial charge < -0.3 is 10.1 Å². The Hall–Kier alpha value is -2.96. The molecule has 6 heteroatoms. The van der Waals surface area contributed by atoms with Crippen molar-refractivity contribution in [2.45, 2.75) is 21.7 Å². The van der Waals surface area contributed by atoms with Crippen LogP contribution in [0.25, 0.3) is 10.9 Å². The Morgan fingerprint density at radius 3 is 2.58 bits per heavy atom. The van der Waals surface area contributed by atoms with Crippen molar-refractivity contribution in [1.29, 1.82) is 0 Å². The van der Waals surface area contributed by atoms with Crippen molar-refractivity contribution in [2.24, 2.45) is 0 Å². The molecule has 3 aromatic carbocycles. The van der Waals surface area contributed by atoms with Crippen LogP contribution in [0.15, 0.2) is 93.7 Å². The lowest BCUT2D eigenvalue weighted by Crippen LogP contribution is -2.14. The monoisotopic (exact) mass is 446 g/mol. The van der Waals surface area contributed by atoms with Crippen LogP contribution in [0.1, 0.15) is 5.56 Å². The van der Waals surface area contributed by atoms with Crippen molar-refractivity contribution in [3.05, 3.63) is 84.4 Å². The molecule has 4 rings (SSSR count). The van der Waals surface area contributed by atoms with E-state index in [-0.39, 0.29) is 11.7 Å². The van der Waals surface area contributed by atoms with E-state index in [0.717, 1.165) is 42.7 Å². The third-order valence-electron chi connectivity index (χ3n) is 4.69. The number of nitrogens with one attached hydrogen (secondary N) is 1. The lowest BCUT2D eigenvalue weighted by Gasteiger charge is -2.11. The van der Waals surface area contributed by atoms with Crippen LogP contribution in [0.5, 0.6) is 5.75 Å². The van der Waals surface area contributed by atoms with Crippen LogP contribution in [-0.4, -0.2) is 23.8 Å². The van der Waals surface area contributed by atoms with Crippen molar-refractivity contribution >= 4 is 46.0 Å². The summed E-state index contributed by atoms with van der Waals surface area (Å²) < 4.78 is 5.45. The molecule has 4 nitrogen and oxygen atoms in total. The maximum atomic E-state index is 12.7. The van der Waals surface area contributed by atoms with E-state index in [0.29, 0.717) is 0 Å². The molecule has 0 aliphatic rings. The smallest absolute Gasteiger partial charge is 0.234 e. The van der Waals surface area contributed by atoms with Gasteiger partial charge in [-0.05, 0) is 48.9 Å². The van der Waals surface area contributed by atoms with Crippen LogP contribution < -0.4 is 10.1 Å². The second kappa shape index (κ2) is 9.90. The standard InChI is InChI=1S/C25H22N2O2S2/c1-17-15-24(27-25-19(17)11-8-13-21(25)29-2)30-16-23(28)26-20-12-6-7-14-22(20)31-18-9-4-3-5-10-18/h3-15H,16H2,1-2H3,(H,26,28). The number of rotatable bonds is 7. The maximum Gasteiger partial charge on any atom is 0.234 e. The number of nitrogens with zero attached hydrogens (tertiary/aromatic N) is 1. The third-order valence-corrected chi connectivity index (χ3v) is 6.68. The third kappa shape index (κ3) is 5.21. The summed E-state index contributed by atoms with van der Waals surface area (Å²) in [4.78, 5) is 19.5. The van der Waals surface area contributed by atoms with Crippen molar-refractivity contribution in [1.82, 2.24) is 4.98 Å². The summed E-state index contributed by atoms with van der Waals surface area (Å²) in [6, 6.07) is 25.9. The highest BCUT2D eigenvalue weighted by Crippen LogP contribution is 2.33. The van der Waals surface area contributed by atoms with Gasteiger partial charge in [0.2, 0.25) is 5.91 Å². The van der Waals surface area contributed by atoms with Gasteiger partial charge >= 0.3 is 0 Å². The average molecular weight is 447 g/mol. The van der Waals surface area contributed by atoms with Gasteiger partial charge in [0.15, 0.2) is 0 Å². The van der Waals surface area contributed by atoms with E-state index in [9.17, 15) is 4.79 Å². The number of ether oxygens (including phenoxy) is 1. The first-order valence-corrected chi connectivity index (χ1v) is 11.6. The Morgan fingerprint density at radius 2 is 1.77 bits per heavy atom. The number of pyridine rings is 1. The second-order valence-corrected chi connectivity index (χ2v) is 8.99. The topological polar surface area (TPSA) is 51.2 Å². The van der Waals surface area contributed by atoms with Crippen LogP contribution in [0, 0.1) is 6.92 Å². The summed E-state index contributed by atoms with van der Waals surface area (Å²) in [7, 11) is 1.64. The quantitative estimate of drug-likeness (QED) is 0.331. The molecule has 0 unspecified atom stereocenters. The Bertz CT molecular complexity index is 1210. The molecule has 0 radical (unpaired) electrons. The van der Waals surface area contributed by atoms with Gasteiger partial charge in [0.25, 0.3) is 0 Å². The first-order chi connectivity index (χ1) is 15.1. The first kappa shape index (κ1) is 21.3. The largest absolute Gasteiger partial charge is 0.494 e. The van der Waals surface area contributed by atoms with E-state index in [1.165, 1.54) is 11.8 Å². The van der Waals surface area contributed by atoms with Crippen LogP contribution in [0.4, 0.5) is 5.69 Å². The van der Waals surface area contributed by atoms with E-state index in [1.54, 1.807) is 18.9 Å². The van der Waals surface area contributed by atoms with Gasteiger partial charge in [0.05, 0.1) is 23.6 Å². The number of aryl methyl sites for hydroxylation is 1. The van der Waals surface area contributed by atoms with Crippen LogP contribution in [0.3, 0.4) is 0 Å². The molecule has 1 amide bonds. The molecule has 156 valence electrons. The Kier molecular flexibility index (Phi) is 6.79. The fraction of sp³-hybridized carbons (Fsp3) is 0.120. The number of benzene rings is 3. The van der Waals surface area contributed by atoms with Gasteiger partial charge in [-0.15, -0.1) is 0 Å². The number of carbonyl (C=O) groups is 1. The van der Waals surface area contributed by atoms with Gasteiger partial charge in [-0.2, -0.15) is 0 Å². The highest BCUT2D eigenvalue weighted by atomic mass is 32.2. The number of anilines is 1. The van der Waals surface area contributed by atoms with E-state index in [2.05, 4.69) is 17.4 Å². The van der Waals surface area contributed by atoms with Gasteiger partial charge in [0, 0.05) is 15.2 Å². The molecule has 1 N–H and O–H groups in total. The Labute approximate surface area is 190 Å². The van der Waals surface area contributed by atoms with Crippen LogP contribution in [-0.2, 0) is 4.79 Å². The zero-order valence-corrected chi connectivity index (χ0v) is 18.9. The minimum Gasteiger partial charge on any atom is -0.494 e. The molecule has 0 fully saturated rings. The second-order valence-electron chi connectivity index (χ2n) is 6.88. The van der Waals surface area contributed by atoms with Crippen molar-refractivity contribution < 1.29 is 9.53 Å². The number of fused-ring (bicyclic) bond motifs is 1. The number of aromatic nitrogens is 1. The molecule has 0 saturated heterocycles. The van der Waals surface area contributed by atoms with Crippen molar-refractivity contribution in [2.75, 3.05) is 18.2 Å². The van der Waals surface area contributed by atoms with Gasteiger partial charge in [-0.25, -0.2) is 4.98 Å². The number of amides is 1. The number of hydrogen-bond donors (Lipinski definition) is 1. The van der Waals surface area contributed by atoms with Gasteiger partial charge in [0.1, 0.15) is 11.3 Å². The Balaban J connectivity index is 1.46.